The smallest absolute Gasteiger partial charge is 0.197 e. The van der Waals surface area contributed by atoms with Crippen molar-refractivity contribution in [3.05, 3.63) is 68.7 Å². The SMILES string of the molecule is COc1c(Cl)cc(C=C2C(=O)c3ccccc3C2=O)cc1Cl. The van der Waals surface area contributed by atoms with Gasteiger partial charge < -0.3 is 4.74 Å². The predicted octanol–water partition coefficient (Wildman–Crippen LogP) is 4.46. The Labute approximate surface area is 137 Å². The molecule has 0 radical (unpaired) electrons. The fourth-order valence-electron chi connectivity index (χ4n) is 2.43. The van der Waals surface area contributed by atoms with Crippen molar-refractivity contribution >= 4 is 40.8 Å². The van der Waals surface area contributed by atoms with Crippen molar-refractivity contribution < 1.29 is 14.3 Å². The van der Waals surface area contributed by atoms with Crippen LogP contribution in [0.4, 0.5) is 0 Å². The number of rotatable bonds is 2. The number of carbonyl (C=O) groups is 2. The summed E-state index contributed by atoms with van der Waals surface area (Å²) >= 11 is 12.1. The molecule has 0 N–H and O–H groups in total. The highest BCUT2D eigenvalue weighted by Crippen LogP contribution is 2.35. The normalized spacial score (nSPS) is 13.3. The monoisotopic (exact) mass is 332 g/mol. The first-order chi connectivity index (χ1) is 10.5. The van der Waals surface area contributed by atoms with Crippen LogP contribution in [0.2, 0.25) is 10.0 Å². The maximum atomic E-state index is 12.3. The van der Waals surface area contributed by atoms with Crippen molar-refractivity contribution in [2.24, 2.45) is 0 Å². The number of ketones is 2. The van der Waals surface area contributed by atoms with Crippen LogP contribution in [0.1, 0.15) is 26.3 Å². The summed E-state index contributed by atoms with van der Waals surface area (Å²) < 4.78 is 5.08. The quantitative estimate of drug-likeness (QED) is 0.602. The van der Waals surface area contributed by atoms with Gasteiger partial charge in [0, 0.05) is 11.1 Å². The Hall–Kier alpha value is -2.10. The van der Waals surface area contributed by atoms with Gasteiger partial charge in [-0.25, -0.2) is 0 Å². The van der Waals surface area contributed by atoms with Crippen molar-refractivity contribution in [1.82, 2.24) is 0 Å². The van der Waals surface area contributed by atoms with Crippen LogP contribution in [0.15, 0.2) is 42.0 Å². The Kier molecular flexibility index (Phi) is 3.77. The summed E-state index contributed by atoms with van der Waals surface area (Å²) in [6.07, 6.45) is 1.50. The number of hydrogen-bond acceptors (Lipinski definition) is 3. The van der Waals surface area contributed by atoms with Crippen LogP contribution in [-0.2, 0) is 0 Å². The molecule has 110 valence electrons. The summed E-state index contributed by atoms with van der Waals surface area (Å²) in [4.78, 5) is 24.6. The zero-order valence-electron chi connectivity index (χ0n) is 11.5. The molecule has 1 aliphatic rings. The molecule has 0 amide bonds. The molecule has 0 atom stereocenters. The van der Waals surface area contributed by atoms with Gasteiger partial charge in [-0.15, -0.1) is 0 Å². The number of ether oxygens (including phenoxy) is 1. The predicted molar refractivity (Wildman–Crippen MR) is 86.1 cm³/mol. The second kappa shape index (κ2) is 5.59. The lowest BCUT2D eigenvalue weighted by Gasteiger charge is -2.06. The number of methoxy groups -OCH3 is 1. The van der Waals surface area contributed by atoms with E-state index in [0.29, 0.717) is 32.5 Å². The van der Waals surface area contributed by atoms with E-state index in [0.717, 1.165) is 0 Å². The second-order valence-corrected chi connectivity index (χ2v) is 5.59. The third kappa shape index (κ3) is 2.32. The van der Waals surface area contributed by atoms with Crippen LogP contribution >= 0.6 is 23.2 Å². The van der Waals surface area contributed by atoms with Crippen LogP contribution in [-0.4, -0.2) is 18.7 Å². The lowest BCUT2D eigenvalue weighted by atomic mass is 10.1. The van der Waals surface area contributed by atoms with Gasteiger partial charge in [-0.1, -0.05) is 47.5 Å². The second-order valence-electron chi connectivity index (χ2n) is 4.78. The van der Waals surface area contributed by atoms with Gasteiger partial charge in [0.05, 0.1) is 22.7 Å². The van der Waals surface area contributed by atoms with Crippen LogP contribution in [0.3, 0.4) is 0 Å². The van der Waals surface area contributed by atoms with E-state index >= 15 is 0 Å². The van der Waals surface area contributed by atoms with Gasteiger partial charge in [-0.3, -0.25) is 9.59 Å². The van der Waals surface area contributed by atoms with Gasteiger partial charge in [0.2, 0.25) is 0 Å². The number of hydrogen-bond donors (Lipinski definition) is 0. The molecule has 0 bridgehead atoms. The van der Waals surface area contributed by atoms with Gasteiger partial charge in [0.1, 0.15) is 0 Å². The van der Waals surface area contributed by atoms with Crippen LogP contribution < -0.4 is 4.74 Å². The minimum absolute atomic E-state index is 0.110. The average Bonchev–Trinajstić information content (AvgIpc) is 2.73. The maximum absolute atomic E-state index is 12.3. The van der Waals surface area contributed by atoms with Crippen LogP contribution in [0, 0.1) is 0 Å². The first-order valence-corrected chi connectivity index (χ1v) is 7.21. The standard InChI is InChI=1S/C17H10Cl2O3/c1-22-17-13(18)7-9(8-14(17)19)6-12-15(20)10-4-2-3-5-11(10)16(12)21/h2-8H,1H3. The number of carbonyl (C=O) groups excluding carboxylic acids is 2. The van der Waals surface area contributed by atoms with Gasteiger partial charge in [-0.2, -0.15) is 0 Å². The summed E-state index contributed by atoms with van der Waals surface area (Å²) in [5.74, 6) is -0.217. The van der Waals surface area contributed by atoms with Crippen molar-refractivity contribution in [3.8, 4) is 5.75 Å². The van der Waals surface area contributed by atoms with E-state index < -0.39 is 0 Å². The fourth-order valence-corrected chi connectivity index (χ4v) is 3.09. The number of Topliss-reactive ketones (excluding diaryl/α,β-unsaturated/α-hetero) is 2. The van der Waals surface area contributed by atoms with Crippen LogP contribution in [0.5, 0.6) is 5.75 Å². The minimum Gasteiger partial charge on any atom is -0.494 e. The van der Waals surface area contributed by atoms with E-state index in [-0.39, 0.29) is 17.1 Å². The van der Waals surface area contributed by atoms with Crippen molar-refractivity contribution in [2.45, 2.75) is 0 Å². The highest BCUT2D eigenvalue weighted by atomic mass is 35.5. The molecule has 0 fully saturated rings. The Morgan fingerprint density at radius 2 is 1.45 bits per heavy atom. The molecule has 3 nitrogen and oxygen atoms in total. The lowest BCUT2D eigenvalue weighted by molar-refractivity contribution is 0.0990. The molecule has 0 unspecified atom stereocenters. The topological polar surface area (TPSA) is 43.4 Å². The summed E-state index contributed by atoms with van der Waals surface area (Å²) in [6.45, 7) is 0. The lowest BCUT2D eigenvalue weighted by Crippen LogP contribution is -2.00. The third-order valence-electron chi connectivity index (χ3n) is 3.44. The number of fused-ring (bicyclic) bond motifs is 1. The number of allylic oxidation sites excluding steroid dienone is 1. The van der Waals surface area contributed by atoms with Gasteiger partial charge in [-0.05, 0) is 23.8 Å². The molecule has 0 heterocycles. The van der Waals surface area contributed by atoms with E-state index in [1.54, 1.807) is 36.4 Å². The maximum Gasteiger partial charge on any atom is 0.197 e. The fraction of sp³-hybridized carbons (Fsp3) is 0.0588. The molecule has 2 aromatic rings. The van der Waals surface area contributed by atoms with E-state index in [2.05, 4.69) is 0 Å². The first kappa shape index (κ1) is 14.8. The molecule has 2 aromatic carbocycles. The third-order valence-corrected chi connectivity index (χ3v) is 4.00. The molecule has 0 aromatic heterocycles. The summed E-state index contributed by atoms with van der Waals surface area (Å²) in [5, 5.41) is 0.634. The Balaban J connectivity index is 2.08. The van der Waals surface area contributed by atoms with Crippen molar-refractivity contribution in [1.29, 1.82) is 0 Å². The van der Waals surface area contributed by atoms with Gasteiger partial charge >= 0.3 is 0 Å². The molecular formula is C17H10Cl2O3. The van der Waals surface area contributed by atoms with Crippen molar-refractivity contribution in [3.63, 3.8) is 0 Å². The van der Waals surface area contributed by atoms with E-state index in [1.165, 1.54) is 13.2 Å². The molecule has 0 spiro atoms. The molecule has 5 heteroatoms. The molecule has 3 rings (SSSR count). The highest BCUT2D eigenvalue weighted by molar-refractivity contribution is 6.41. The molecule has 22 heavy (non-hydrogen) atoms. The highest BCUT2D eigenvalue weighted by Gasteiger charge is 2.32. The van der Waals surface area contributed by atoms with Crippen molar-refractivity contribution in [2.75, 3.05) is 7.11 Å². The molecule has 0 saturated heterocycles. The molecule has 0 aliphatic heterocycles. The van der Waals surface area contributed by atoms with E-state index in [4.69, 9.17) is 27.9 Å². The first-order valence-electron chi connectivity index (χ1n) is 6.46. The van der Waals surface area contributed by atoms with Crippen LogP contribution in [0.25, 0.3) is 6.08 Å². The zero-order valence-corrected chi connectivity index (χ0v) is 13.0. The summed E-state index contributed by atoms with van der Waals surface area (Å²) in [7, 11) is 1.46. The summed E-state index contributed by atoms with van der Waals surface area (Å²) in [5.41, 5.74) is 1.52. The van der Waals surface area contributed by atoms with E-state index in [9.17, 15) is 9.59 Å². The Bertz CT molecular complexity index is 778. The molecular weight excluding hydrogens is 323 g/mol. The Morgan fingerprint density at radius 1 is 0.955 bits per heavy atom. The largest absolute Gasteiger partial charge is 0.494 e. The number of halogens is 2. The zero-order chi connectivity index (χ0) is 15.9. The minimum atomic E-state index is -0.288. The van der Waals surface area contributed by atoms with Gasteiger partial charge in [0.25, 0.3) is 0 Å². The molecule has 0 saturated carbocycles. The summed E-state index contributed by atoms with van der Waals surface area (Å²) in [6, 6.07) is 9.95. The Morgan fingerprint density at radius 3 is 1.91 bits per heavy atom. The van der Waals surface area contributed by atoms with E-state index in [1.807, 2.05) is 0 Å². The van der Waals surface area contributed by atoms with Gasteiger partial charge in [0.15, 0.2) is 17.3 Å². The molecule has 1 aliphatic carbocycles. The number of benzene rings is 2. The average molecular weight is 333 g/mol.